The van der Waals surface area contributed by atoms with Crippen molar-refractivity contribution in [1.82, 2.24) is 0 Å². The third-order valence-corrected chi connectivity index (χ3v) is 3.06. The van der Waals surface area contributed by atoms with Crippen LogP contribution in [0.2, 0.25) is 0 Å². The molecule has 3 N–H and O–H groups in total. The standard InChI is InChI=1S/C13H9BrFN3O3/c14-7-1-3-9(13(16)17)12(5-7)21-11-4-2-8(15)6-10(11)18(19)20/h1-6H,(H3,16,17). The Balaban J connectivity index is 2.50. The molecule has 2 aromatic rings. The van der Waals surface area contributed by atoms with Gasteiger partial charge in [-0.3, -0.25) is 15.5 Å². The number of halogens is 2. The molecule has 0 saturated heterocycles. The number of nitrogens with zero attached hydrogens (tertiary/aromatic N) is 1. The number of nitro benzene ring substituents is 1. The second-order valence-corrected chi connectivity index (χ2v) is 4.94. The highest BCUT2D eigenvalue weighted by molar-refractivity contribution is 9.10. The van der Waals surface area contributed by atoms with Crippen molar-refractivity contribution < 1.29 is 14.1 Å². The smallest absolute Gasteiger partial charge is 0.314 e. The quantitative estimate of drug-likeness (QED) is 0.379. The van der Waals surface area contributed by atoms with Crippen LogP contribution in [0.15, 0.2) is 40.9 Å². The van der Waals surface area contributed by atoms with Crippen molar-refractivity contribution in [2.24, 2.45) is 5.73 Å². The van der Waals surface area contributed by atoms with Gasteiger partial charge < -0.3 is 10.5 Å². The molecule has 0 bridgehead atoms. The maximum atomic E-state index is 13.1. The van der Waals surface area contributed by atoms with Crippen LogP contribution in [-0.2, 0) is 0 Å². The highest BCUT2D eigenvalue weighted by atomic mass is 79.9. The minimum Gasteiger partial charge on any atom is -0.449 e. The Morgan fingerprint density at radius 1 is 1.29 bits per heavy atom. The van der Waals surface area contributed by atoms with Crippen molar-refractivity contribution in [3.05, 3.63) is 62.4 Å². The van der Waals surface area contributed by atoms with Gasteiger partial charge in [0, 0.05) is 4.47 Å². The average Bonchev–Trinajstić information content (AvgIpc) is 2.40. The Labute approximate surface area is 127 Å². The molecule has 0 spiro atoms. The van der Waals surface area contributed by atoms with Crippen LogP contribution in [0.5, 0.6) is 11.5 Å². The van der Waals surface area contributed by atoms with Crippen LogP contribution in [0.3, 0.4) is 0 Å². The molecule has 0 aliphatic rings. The lowest BCUT2D eigenvalue weighted by molar-refractivity contribution is -0.385. The van der Waals surface area contributed by atoms with Gasteiger partial charge in [0.2, 0.25) is 5.75 Å². The van der Waals surface area contributed by atoms with Crippen LogP contribution < -0.4 is 10.5 Å². The number of benzene rings is 2. The monoisotopic (exact) mass is 353 g/mol. The second-order valence-electron chi connectivity index (χ2n) is 4.03. The molecule has 0 aromatic heterocycles. The Bertz CT molecular complexity index is 737. The zero-order valence-electron chi connectivity index (χ0n) is 10.5. The minimum absolute atomic E-state index is 0.137. The first-order chi connectivity index (χ1) is 9.88. The summed E-state index contributed by atoms with van der Waals surface area (Å²) in [5.74, 6) is -0.967. The van der Waals surface area contributed by atoms with E-state index < -0.39 is 16.4 Å². The zero-order chi connectivity index (χ0) is 15.6. The van der Waals surface area contributed by atoms with Gasteiger partial charge in [0.25, 0.3) is 0 Å². The zero-order valence-corrected chi connectivity index (χ0v) is 12.1. The van der Waals surface area contributed by atoms with E-state index in [4.69, 9.17) is 15.9 Å². The molecule has 2 rings (SSSR count). The fourth-order valence-electron chi connectivity index (χ4n) is 1.64. The molecule has 0 fully saturated rings. The van der Waals surface area contributed by atoms with Crippen LogP contribution in [0.25, 0.3) is 0 Å². The van der Waals surface area contributed by atoms with Gasteiger partial charge in [-0.1, -0.05) is 15.9 Å². The van der Waals surface area contributed by atoms with Gasteiger partial charge in [0.15, 0.2) is 0 Å². The fraction of sp³-hybridized carbons (Fsp3) is 0. The van der Waals surface area contributed by atoms with Gasteiger partial charge >= 0.3 is 5.69 Å². The number of nitrogen functional groups attached to an aromatic ring is 1. The summed E-state index contributed by atoms with van der Waals surface area (Å²) >= 11 is 3.23. The number of nitro groups is 1. The number of hydrogen-bond donors (Lipinski definition) is 2. The Morgan fingerprint density at radius 2 is 2.00 bits per heavy atom. The number of hydrogen-bond acceptors (Lipinski definition) is 4. The molecule has 108 valence electrons. The maximum absolute atomic E-state index is 13.1. The van der Waals surface area contributed by atoms with E-state index in [-0.39, 0.29) is 22.9 Å². The number of nitrogens with two attached hydrogens (primary N) is 1. The second kappa shape index (κ2) is 5.88. The van der Waals surface area contributed by atoms with E-state index in [1.807, 2.05) is 0 Å². The SMILES string of the molecule is N=C(N)c1ccc(Br)cc1Oc1ccc(F)cc1[N+](=O)[O-]. The van der Waals surface area contributed by atoms with E-state index in [0.29, 0.717) is 4.47 Å². The molecular formula is C13H9BrFN3O3. The van der Waals surface area contributed by atoms with Crippen molar-refractivity contribution >= 4 is 27.5 Å². The van der Waals surface area contributed by atoms with Gasteiger partial charge in [-0.05, 0) is 30.3 Å². The summed E-state index contributed by atoms with van der Waals surface area (Å²) in [5, 5.41) is 18.4. The van der Waals surface area contributed by atoms with Gasteiger partial charge in [-0.2, -0.15) is 0 Å². The minimum atomic E-state index is -0.746. The lowest BCUT2D eigenvalue weighted by atomic mass is 10.2. The normalized spacial score (nSPS) is 10.2. The summed E-state index contributed by atoms with van der Waals surface area (Å²) < 4.78 is 19.2. The van der Waals surface area contributed by atoms with Crippen molar-refractivity contribution in [3.8, 4) is 11.5 Å². The van der Waals surface area contributed by atoms with Crippen molar-refractivity contribution in [3.63, 3.8) is 0 Å². The maximum Gasteiger partial charge on any atom is 0.314 e. The van der Waals surface area contributed by atoms with Gasteiger partial charge in [-0.25, -0.2) is 4.39 Å². The molecule has 2 aromatic carbocycles. The van der Waals surface area contributed by atoms with E-state index in [9.17, 15) is 14.5 Å². The molecule has 8 heteroatoms. The van der Waals surface area contributed by atoms with E-state index in [1.54, 1.807) is 6.07 Å². The summed E-state index contributed by atoms with van der Waals surface area (Å²) in [6.45, 7) is 0. The van der Waals surface area contributed by atoms with Gasteiger partial charge in [0.05, 0.1) is 16.6 Å². The molecular weight excluding hydrogens is 345 g/mol. The molecule has 0 heterocycles. The molecule has 6 nitrogen and oxygen atoms in total. The van der Waals surface area contributed by atoms with E-state index >= 15 is 0 Å². The van der Waals surface area contributed by atoms with Crippen LogP contribution in [-0.4, -0.2) is 10.8 Å². The molecule has 0 saturated carbocycles. The molecule has 0 unspecified atom stereocenters. The first kappa shape index (κ1) is 14.9. The molecule has 0 atom stereocenters. The van der Waals surface area contributed by atoms with Crippen LogP contribution in [0, 0.1) is 21.3 Å². The molecule has 0 aliphatic carbocycles. The van der Waals surface area contributed by atoms with Crippen molar-refractivity contribution in [1.29, 1.82) is 5.41 Å². The number of amidine groups is 1. The summed E-state index contributed by atoms with van der Waals surface area (Å²) in [6, 6.07) is 7.68. The number of nitrogens with one attached hydrogen (secondary N) is 1. The average molecular weight is 354 g/mol. The predicted octanol–water partition coefficient (Wildman–Crippen LogP) is 3.57. The highest BCUT2D eigenvalue weighted by Gasteiger charge is 2.19. The molecule has 0 aliphatic heterocycles. The first-order valence-corrected chi connectivity index (χ1v) is 6.43. The topological polar surface area (TPSA) is 102 Å². The first-order valence-electron chi connectivity index (χ1n) is 5.64. The summed E-state index contributed by atoms with van der Waals surface area (Å²) in [5.41, 5.74) is 5.20. The van der Waals surface area contributed by atoms with Crippen LogP contribution in [0.1, 0.15) is 5.56 Å². The van der Waals surface area contributed by atoms with E-state index in [2.05, 4.69) is 15.9 Å². The van der Waals surface area contributed by atoms with Crippen LogP contribution >= 0.6 is 15.9 Å². The Morgan fingerprint density at radius 3 is 2.62 bits per heavy atom. The van der Waals surface area contributed by atoms with Gasteiger partial charge in [-0.15, -0.1) is 0 Å². The summed E-state index contributed by atoms with van der Waals surface area (Å²) in [4.78, 5) is 10.2. The molecule has 0 amide bonds. The van der Waals surface area contributed by atoms with Crippen molar-refractivity contribution in [2.75, 3.05) is 0 Å². The molecule has 21 heavy (non-hydrogen) atoms. The predicted molar refractivity (Wildman–Crippen MR) is 78.3 cm³/mol. The molecule has 0 radical (unpaired) electrons. The van der Waals surface area contributed by atoms with E-state index in [0.717, 1.165) is 18.2 Å². The number of rotatable bonds is 4. The number of ether oxygens (including phenoxy) is 1. The Kier molecular flexibility index (Phi) is 4.18. The summed E-state index contributed by atoms with van der Waals surface area (Å²) in [6.07, 6.45) is 0. The van der Waals surface area contributed by atoms with E-state index in [1.165, 1.54) is 12.1 Å². The van der Waals surface area contributed by atoms with Crippen LogP contribution in [0.4, 0.5) is 10.1 Å². The fourth-order valence-corrected chi connectivity index (χ4v) is 1.98. The summed E-state index contributed by atoms with van der Waals surface area (Å²) in [7, 11) is 0. The lowest BCUT2D eigenvalue weighted by Gasteiger charge is -2.11. The largest absolute Gasteiger partial charge is 0.449 e. The van der Waals surface area contributed by atoms with Crippen molar-refractivity contribution in [2.45, 2.75) is 0 Å². The van der Waals surface area contributed by atoms with Gasteiger partial charge in [0.1, 0.15) is 17.4 Å². The Hall–Kier alpha value is -2.48. The third kappa shape index (κ3) is 3.34. The third-order valence-electron chi connectivity index (χ3n) is 2.57. The highest BCUT2D eigenvalue weighted by Crippen LogP contribution is 2.34. The lowest BCUT2D eigenvalue weighted by Crippen LogP contribution is -2.12.